The first-order valence-corrected chi connectivity index (χ1v) is 7.99. The zero-order valence-electron chi connectivity index (χ0n) is 15.1. The number of aryl methyl sites for hydroxylation is 1. The highest BCUT2D eigenvalue weighted by Gasteiger charge is 2.08. The van der Waals surface area contributed by atoms with Crippen molar-refractivity contribution in [2.45, 2.75) is 27.3 Å². The summed E-state index contributed by atoms with van der Waals surface area (Å²) >= 11 is 0. The Morgan fingerprint density at radius 3 is 2.60 bits per heavy atom. The van der Waals surface area contributed by atoms with Crippen molar-refractivity contribution in [3.05, 3.63) is 35.7 Å². The van der Waals surface area contributed by atoms with Gasteiger partial charge in [0.25, 0.3) is 0 Å². The van der Waals surface area contributed by atoms with Gasteiger partial charge in [-0.05, 0) is 32.9 Å². The van der Waals surface area contributed by atoms with Gasteiger partial charge in [0, 0.05) is 24.4 Å². The van der Waals surface area contributed by atoms with Crippen LogP contribution in [0, 0.1) is 6.92 Å². The number of anilines is 1. The van der Waals surface area contributed by atoms with Gasteiger partial charge in [-0.25, -0.2) is 4.99 Å². The molecule has 0 aliphatic rings. The maximum Gasteiger partial charge on any atom is 0.193 e. The number of aliphatic imine (C=N–C) groups is 1. The van der Waals surface area contributed by atoms with E-state index in [1.165, 1.54) is 0 Å². The van der Waals surface area contributed by atoms with Gasteiger partial charge in [-0.1, -0.05) is 0 Å². The van der Waals surface area contributed by atoms with Crippen LogP contribution in [0.1, 0.15) is 25.1 Å². The van der Waals surface area contributed by atoms with E-state index in [2.05, 4.69) is 15.4 Å². The monoisotopic (exact) mass is 459 g/mol. The Labute approximate surface area is 165 Å². The number of ether oxygens (including phenoxy) is 2. The molecule has 3 N–H and O–H groups in total. The lowest BCUT2D eigenvalue weighted by molar-refractivity contribution is 0.332. The molecule has 1 aromatic heterocycles. The van der Waals surface area contributed by atoms with Crippen molar-refractivity contribution in [1.29, 1.82) is 0 Å². The van der Waals surface area contributed by atoms with Crippen molar-refractivity contribution in [3.63, 3.8) is 0 Å². The Kier molecular flexibility index (Phi) is 8.53. The molecule has 138 valence electrons. The average molecular weight is 459 g/mol. The highest BCUT2D eigenvalue weighted by Crippen LogP contribution is 2.29. The Morgan fingerprint density at radius 1 is 1.28 bits per heavy atom. The molecule has 0 aliphatic carbocycles. The van der Waals surface area contributed by atoms with Crippen molar-refractivity contribution in [2.75, 3.05) is 18.5 Å². The number of aromatic nitrogens is 2. The standard InChI is InChI=1S/C17H25N5O2.HI/c1-5-23-14-7-8-16(24-6-2)15(9-14)21-17(18)19-10-13-11-20-22(4)12(13)3;/h7-9,11H,5-6,10H2,1-4H3,(H3,18,19,21);1H. The van der Waals surface area contributed by atoms with E-state index in [4.69, 9.17) is 15.2 Å². The fraction of sp³-hybridized carbons (Fsp3) is 0.412. The molecule has 0 unspecified atom stereocenters. The van der Waals surface area contributed by atoms with Crippen LogP contribution in [-0.4, -0.2) is 29.0 Å². The van der Waals surface area contributed by atoms with Crippen LogP contribution in [0.5, 0.6) is 11.5 Å². The van der Waals surface area contributed by atoms with Crippen molar-refractivity contribution >= 4 is 35.6 Å². The van der Waals surface area contributed by atoms with E-state index in [0.29, 0.717) is 31.5 Å². The van der Waals surface area contributed by atoms with Crippen LogP contribution in [0.25, 0.3) is 0 Å². The van der Waals surface area contributed by atoms with Crippen LogP contribution < -0.4 is 20.5 Å². The summed E-state index contributed by atoms with van der Waals surface area (Å²) in [5, 5.41) is 7.28. The lowest BCUT2D eigenvalue weighted by atomic mass is 10.2. The van der Waals surface area contributed by atoms with Crippen molar-refractivity contribution < 1.29 is 9.47 Å². The third-order valence-corrected chi connectivity index (χ3v) is 3.58. The van der Waals surface area contributed by atoms with Crippen LogP contribution in [0.15, 0.2) is 29.4 Å². The molecular weight excluding hydrogens is 433 g/mol. The van der Waals surface area contributed by atoms with Gasteiger partial charge in [-0.3, -0.25) is 4.68 Å². The molecule has 0 spiro atoms. The SMILES string of the molecule is CCOc1ccc(OCC)c(NC(N)=NCc2cnn(C)c2C)c1.I. The molecule has 2 rings (SSSR count). The van der Waals surface area contributed by atoms with E-state index in [1.54, 1.807) is 6.20 Å². The van der Waals surface area contributed by atoms with E-state index in [-0.39, 0.29) is 24.0 Å². The van der Waals surface area contributed by atoms with Crippen molar-refractivity contribution in [3.8, 4) is 11.5 Å². The highest BCUT2D eigenvalue weighted by atomic mass is 127. The van der Waals surface area contributed by atoms with Gasteiger partial charge >= 0.3 is 0 Å². The lowest BCUT2D eigenvalue weighted by Gasteiger charge is -2.14. The summed E-state index contributed by atoms with van der Waals surface area (Å²) in [6.45, 7) is 7.50. The fourth-order valence-electron chi connectivity index (χ4n) is 2.19. The molecule has 0 bridgehead atoms. The van der Waals surface area contributed by atoms with Gasteiger partial charge in [-0.15, -0.1) is 24.0 Å². The van der Waals surface area contributed by atoms with E-state index in [1.807, 2.05) is 50.7 Å². The number of benzene rings is 1. The number of rotatable bonds is 7. The predicted octanol–water partition coefficient (Wildman–Crippen LogP) is 3.07. The molecule has 7 nitrogen and oxygen atoms in total. The normalized spacial score (nSPS) is 11.0. The highest BCUT2D eigenvalue weighted by molar-refractivity contribution is 14.0. The summed E-state index contributed by atoms with van der Waals surface area (Å²) in [7, 11) is 1.90. The van der Waals surface area contributed by atoms with Crippen LogP contribution in [0.4, 0.5) is 5.69 Å². The first kappa shape index (κ1) is 21.1. The Balaban J connectivity index is 0.00000312. The number of guanidine groups is 1. The minimum Gasteiger partial charge on any atom is -0.494 e. The first-order chi connectivity index (χ1) is 11.5. The van der Waals surface area contributed by atoms with E-state index < -0.39 is 0 Å². The molecule has 0 atom stereocenters. The van der Waals surface area contributed by atoms with Gasteiger partial charge in [0.15, 0.2) is 5.96 Å². The van der Waals surface area contributed by atoms with Gasteiger partial charge in [0.1, 0.15) is 11.5 Å². The van der Waals surface area contributed by atoms with Gasteiger partial charge in [-0.2, -0.15) is 5.10 Å². The predicted molar refractivity (Wildman–Crippen MR) is 111 cm³/mol. The minimum atomic E-state index is 0. The number of hydrogen-bond acceptors (Lipinski definition) is 4. The number of nitrogens with one attached hydrogen (secondary N) is 1. The number of halogens is 1. The summed E-state index contributed by atoms with van der Waals surface area (Å²) in [5.41, 5.74) is 8.85. The van der Waals surface area contributed by atoms with Crippen molar-refractivity contribution in [2.24, 2.45) is 17.8 Å². The third-order valence-electron chi connectivity index (χ3n) is 3.58. The maximum absolute atomic E-state index is 6.01. The van der Waals surface area contributed by atoms with E-state index in [9.17, 15) is 0 Å². The summed E-state index contributed by atoms with van der Waals surface area (Å²) in [6, 6.07) is 5.58. The van der Waals surface area contributed by atoms with Gasteiger partial charge in [0.05, 0.1) is 31.6 Å². The van der Waals surface area contributed by atoms with Crippen LogP contribution in [-0.2, 0) is 13.6 Å². The molecule has 0 amide bonds. The van der Waals surface area contributed by atoms with Crippen molar-refractivity contribution in [1.82, 2.24) is 9.78 Å². The molecule has 0 radical (unpaired) electrons. The number of nitrogens with two attached hydrogens (primary N) is 1. The topological polar surface area (TPSA) is 86.7 Å². The van der Waals surface area contributed by atoms with Gasteiger partial charge in [0.2, 0.25) is 0 Å². The summed E-state index contributed by atoms with van der Waals surface area (Å²) in [5.74, 6) is 1.77. The fourth-order valence-corrected chi connectivity index (χ4v) is 2.19. The zero-order valence-corrected chi connectivity index (χ0v) is 17.4. The second-order valence-corrected chi connectivity index (χ2v) is 5.23. The van der Waals surface area contributed by atoms with Crippen LogP contribution >= 0.6 is 24.0 Å². The summed E-state index contributed by atoms with van der Waals surface area (Å²) in [4.78, 5) is 4.37. The third kappa shape index (κ3) is 5.80. The molecule has 0 aliphatic heterocycles. The molecule has 2 aromatic rings. The molecule has 25 heavy (non-hydrogen) atoms. The summed E-state index contributed by atoms with van der Waals surface area (Å²) < 4.78 is 12.9. The quantitative estimate of drug-likeness (QED) is 0.378. The summed E-state index contributed by atoms with van der Waals surface area (Å²) in [6.07, 6.45) is 1.80. The van der Waals surface area contributed by atoms with E-state index >= 15 is 0 Å². The minimum absolute atomic E-state index is 0. The second-order valence-electron chi connectivity index (χ2n) is 5.23. The first-order valence-electron chi connectivity index (χ1n) is 7.99. The van der Waals surface area contributed by atoms with Crippen LogP contribution in [0.3, 0.4) is 0 Å². The molecule has 0 fully saturated rings. The zero-order chi connectivity index (χ0) is 17.5. The molecular formula is C17H26IN5O2. The average Bonchev–Trinajstić information content (AvgIpc) is 2.87. The molecule has 1 aromatic carbocycles. The van der Waals surface area contributed by atoms with E-state index in [0.717, 1.165) is 22.7 Å². The second kappa shape index (κ2) is 10.1. The van der Waals surface area contributed by atoms with Crippen LogP contribution in [0.2, 0.25) is 0 Å². The van der Waals surface area contributed by atoms with Gasteiger partial charge < -0.3 is 20.5 Å². The molecule has 1 heterocycles. The lowest BCUT2D eigenvalue weighted by Crippen LogP contribution is -2.23. The number of nitrogens with zero attached hydrogens (tertiary/aromatic N) is 3. The number of hydrogen-bond donors (Lipinski definition) is 2. The molecule has 0 saturated carbocycles. The Morgan fingerprint density at radius 2 is 2.00 bits per heavy atom. The smallest absolute Gasteiger partial charge is 0.193 e. The largest absolute Gasteiger partial charge is 0.494 e. The molecule has 8 heteroatoms. The molecule has 0 saturated heterocycles. The maximum atomic E-state index is 6.01. The Bertz CT molecular complexity index is 715. The Hall–Kier alpha value is -1.97.